The molecule has 3 atom stereocenters. The fraction of sp³-hybridized carbons (Fsp3) is 0.500. The lowest BCUT2D eigenvalue weighted by atomic mass is 10.4. The highest BCUT2D eigenvalue weighted by atomic mass is 32.2. The predicted octanol–water partition coefficient (Wildman–Crippen LogP) is 1.28. The Hall–Kier alpha value is -1.24. The van der Waals surface area contributed by atoms with Gasteiger partial charge < -0.3 is 15.0 Å². The van der Waals surface area contributed by atoms with Crippen LogP contribution in [0, 0.1) is 0 Å². The lowest BCUT2D eigenvalue weighted by Gasteiger charge is -2.09. The van der Waals surface area contributed by atoms with E-state index in [0.29, 0.717) is 23.5 Å². The molecule has 9 heteroatoms. The van der Waals surface area contributed by atoms with Crippen LogP contribution in [0.4, 0.5) is 5.82 Å². The molecule has 1 saturated heterocycles. The van der Waals surface area contributed by atoms with Gasteiger partial charge in [-0.2, -0.15) is 0 Å². The second-order valence-corrected chi connectivity index (χ2v) is 7.28. The van der Waals surface area contributed by atoms with Crippen molar-refractivity contribution in [3.05, 3.63) is 12.7 Å². The standard InChI is InChI=1S/C10H13N5O2PS/c1-18(16)10-17-6(3-19-10)2-15-5-14-7-8(11)12-4-13-9(7)15/h4-6,10H,2-3H2,1H3,(H2,11,12,13)/q+1. The van der Waals surface area contributed by atoms with Gasteiger partial charge >= 0.3 is 13.0 Å². The molecule has 3 rings (SSSR count). The van der Waals surface area contributed by atoms with Crippen molar-refractivity contribution >= 4 is 36.5 Å². The van der Waals surface area contributed by atoms with Crippen LogP contribution in [-0.2, 0) is 15.8 Å². The maximum Gasteiger partial charge on any atom is 0.378 e. The molecule has 0 saturated carbocycles. The SMILES string of the molecule is C[P+](=O)C1OC(Cn2cnc3c(N)ncnc32)CS1. The van der Waals surface area contributed by atoms with Gasteiger partial charge in [-0.25, -0.2) is 15.0 Å². The van der Waals surface area contributed by atoms with Gasteiger partial charge in [-0.3, -0.25) is 0 Å². The number of aromatic nitrogens is 4. The summed E-state index contributed by atoms with van der Waals surface area (Å²) >= 11 is 1.59. The number of imidazole rings is 1. The van der Waals surface area contributed by atoms with Gasteiger partial charge in [0.15, 0.2) is 11.5 Å². The van der Waals surface area contributed by atoms with Crippen molar-refractivity contribution in [1.29, 1.82) is 0 Å². The third kappa shape index (κ3) is 2.43. The van der Waals surface area contributed by atoms with Crippen LogP contribution in [0.25, 0.3) is 11.2 Å². The molecule has 1 aliphatic heterocycles. The predicted molar refractivity (Wildman–Crippen MR) is 74.4 cm³/mol. The minimum absolute atomic E-state index is 0.0162. The second-order valence-electron chi connectivity index (χ2n) is 4.27. The largest absolute Gasteiger partial charge is 0.382 e. The summed E-state index contributed by atoms with van der Waals surface area (Å²) in [5, 5.41) is -0.200. The van der Waals surface area contributed by atoms with Gasteiger partial charge in [0, 0.05) is 5.75 Å². The van der Waals surface area contributed by atoms with Crippen LogP contribution in [0.2, 0.25) is 0 Å². The Kier molecular flexibility index (Phi) is 3.38. The van der Waals surface area contributed by atoms with E-state index in [1.54, 1.807) is 24.8 Å². The van der Waals surface area contributed by atoms with Crippen molar-refractivity contribution in [3.63, 3.8) is 0 Å². The van der Waals surface area contributed by atoms with E-state index in [2.05, 4.69) is 15.0 Å². The molecule has 7 nitrogen and oxygen atoms in total. The number of nitrogen functional groups attached to an aromatic ring is 1. The van der Waals surface area contributed by atoms with E-state index in [1.165, 1.54) is 6.33 Å². The number of nitrogens with two attached hydrogens (primary N) is 1. The Bertz CT molecular complexity index is 633. The lowest BCUT2D eigenvalue weighted by Crippen LogP contribution is -2.18. The monoisotopic (exact) mass is 298 g/mol. The summed E-state index contributed by atoms with van der Waals surface area (Å²) < 4.78 is 19.0. The third-order valence-corrected chi connectivity index (χ3v) is 5.87. The number of nitrogens with zero attached hydrogens (tertiary/aromatic N) is 4. The number of fused-ring (bicyclic) bond motifs is 1. The first kappa shape index (κ1) is 12.8. The molecule has 100 valence electrons. The zero-order valence-electron chi connectivity index (χ0n) is 10.3. The zero-order chi connectivity index (χ0) is 13.4. The molecule has 1 aliphatic rings. The van der Waals surface area contributed by atoms with Crippen LogP contribution >= 0.6 is 19.6 Å². The van der Waals surface area contributed by atoms with Gasteiger partial charge in [-0.05, 0) is 0 Å². The van der Waals surface area contributed by atoms with Crippen molar-refractivity contribution < 1.29 is 9.30 Å². The number of ether oxygens (including phenoxy) is 1. The van der Waals surface area contributed by atoms with E-state index in [4.69, 9.17) is 10.5 Å². The first-order valence-electron chi connectivity index (χ1n) is 5.73. The Labute approximate surface area is 114 Å². The highest BCUT2D eigenvalue weighted by molar-refractivity contribution is 8.04. The van der Waals surface area contributed by atoms with E-state index in [-0.39, 0.29) is 11.3 Å². The maximum absolute atomic E-state index is 11.4. The molecule has 2 aromatic rings. The molecule has 0 amide bonds. The molecule has 2 aromatic heterocycles. The van der Waals surface area contributed by atoms with Gasteiger partial charge in [-0.1, -0.05) is 16.3 Å². The molecule has 0 aromatic carbocycles. The molecule has 3 unspecified atom stereocenters. The minimum Gasteiger partial charge on any atom is -0.382 e. The Morgan fingerprint density at radius 2 is 2.42 bits per heavy atom. The average Bonchev–Trinajstić information content (AvgIpc) is 2.98. The molecule has 1 fully saturated rings. The number of thioether (sulfide) groups is 1. The van der Waals surface area contributed by atoms with Crippen LogP contribution < -0.4 is 5.73 Å². The summed E-state index contributed by atoms with van der Waals surface area (Å²) in [4.78, 5) is 12.3. The number of anilines is 1. The van der Waals surface area contributed by atoms with Crippen LogP contribution in [0.5, 0.6) is 0 Å². The summed E-state index contributed by atoms with van der Waals surface area (Å²) in [7, 11) is -1.31. The van der Waals surface area contributed by atoms with Crippen LogP contribution in [0.15, 0.2) is 12.7 Å². The topological polar surface area (TPSA) is 95.9 Å². The van der Waals surface area contributed by atoms with Crippen molar-refractivity contribution in [2.45, 2.75) is 17.8 Å². The van der Waals surface area contributed by atoms with E-state index in [1.807, 2.05) is 4.57 Å². The molecule has 0 bridgehead atoms. The van der Waals surface area contributed by atoms with Crippen LogP contribution in [-0.4, -0.2) is 43.2 Å². The third-order valence-electron chi connectivity index (χ3n) is 2.86. The van der Waals surface area contributed by atoms with Gasteiger partial charge in [0.05, 0.1) is 19.0 Å². The Morgan fingerprint density at radius 1 is 1.58 bits per heavy atom. The Balaban J connectivity index is 1.79. The summed E-state index contributed by atoms with van der Waals surface area (Å²) in [6.45, 7) is 2.32. The fourth-order valence-corrected chi connectivity index (χ4v) is 4.21. The molecule has 3 heterocycles. The first-order chi connectivity index (χ1) is 9.15. The molecule has 0 radical (unpaired) electrons. The van der Waals surface area contributed by atoms with Crippen molar-refractivity contribution in [1.82, 2.24) is 19.5 Å². The smallest absolute Gasteiger partial charge is 0.378 e. The molecule has 2 N–H and O–H groups in total. The molecule has 19 heavy (non-hydrogen) atoms. The lowest BCUT2D eigenvalue weighted by molar-refractivity contribution is 0.0910. The molecular weight excluding hydrogens is 285 g/mol. The van der Waals surface area contributed by atoms with Gasteiger partial charge in [0.1, 0.15) is 18.5 Å². The average molecular weight is 298 g/mol. The zero-order valence-corrected chi connectivity index (χ0v) is 12.0. The first-order valence-corrected chi connectivity index (χ1v) is 8.56. The molecular formula is C10H13N5O2PS+. The minimum atomic E-state index is -1.31. The molecule has 0 aliphatic carbocycles. The number of hydrogen-bond acceptors (Lipinski definition) is 7. The van der Waals surface area contributed by atoms with Crippen LogP contribution in [0.1, 0.15) is 0 Å². The second kappa shape index (κ2) is 5.03. The summed E-state index contributed by atoms with van der Waals surface area (Å²) in [5.41, 5.74) is 7.04. The molecule has 0 spiro atoms. The summed E-state index contributed by atoms with van der Waals surface area (Å²) in [6.07, 6.45) is 3.12. The highest BCUT2D eigenvalue weighted by Gasteiger charge is 2.37. The van der Waals surface area contributed by atoms with Gasteiger partial charge in [0.2, 0.25) is 0 Å². The fourth-order valence-electron chi connectivity index (χ4n) is 1.97. The quantitative estimate of drug-likeness (QED) is 0.853. The normalized spacial score (nSPS) is 23.9. The van der Waals surface area contributed by atoms with Crippen molar-refractivity contribution in [2.24, 2.45) is 0 Å². The van der Waals surface area contributed by atoms with E-state index < -0.39 is 7.80 Å². The number of hydrogen-bond donors (Lipinski definition) is 1. The summed E-state index contributed by atoms with van der Waals surface area (Å²) in [5.74, 6) is 1.19. The van der Waals surface area contributed by atoms with Crippen molar-refractivity contribution in [2.75, 3.05) is 18.2 Å². The number of rotatable bonds is 3. The highest BCUT2D eigenvalue weighted by Crippen LogP contribution is 2.40. The summed E-state index contributed by atoms with van der Waals surface area (Å²) in [6, 6.07) is 0. The maximum atomic E-state index is 11.4. The van der Waals surface area contributed by atoms with E-state index in [9.17, 15) is 4.57 Å². The van der Waals surface area contributed by atoms with E-state index >= 15 is 0 Å². The van der Waals surface area contributed by atoms with Crippen LogP contribution in [0.3, 0.4) is 0 Å². The van der Waals surface area contributed by atoms with Gasteiger partial charge in [0.25, 0.3) is 0 Å². The Morgan fingerprint density at radius 3 is 3.16 bits per heavy atom. The van der Waals surface area contributed by atoms with Gasteiger partial charge in [-0.15, -0.1) is 0 Å². The van der Waals surface area contributed by atoms with E-state index in [0.717, 1.165) is 5.75 Å². The van der Waals surface area contributed by atoms with Crippen molar-refractivity contribution in [3.8, 4) is 0 Å².